The van der Waals surface area contributed by atoms with E-state index >= 15 is 0 Å². The Bertz CT molecular complexity index is 959. The number of rotatable bonds is 13. The maximum Gasteiger partial charge on any atom is 0.513 e. The molecule has 0 aliphatic heterocycles. The van der Waals surface area contributed by atoms with Gasteiger partial charge in [0.2, 0.25) is 0 Å². The molecular weight excluding hydrogens is 498 g/mol. The molecule has 1 unspecified atom stereocenters. The summed E-state index contributed by atoms with van der Waals surface area (Å²) in [6.07, 6.45) is -2.77. The number of ether oxygens (including phenoxy) is 6. The Morgan fingerprint density at radius 3 is 1.84 bits per heavy atom. The predicted molar refractivity (Wildman–Crippen MR) is 138 cm³/mol. The van der Waals surface area contributed by atoms with E-state index in [1.54, 1.807) is 26.8 Å². The minimum atomic E-state index is -1.58. The molecular formula is C27H41NO10. The standard InChI is InChI=1S/C27H41NO10/c1-16(2)14-34-25(31)37-21-10-9-20(11-22(21)38-26(32)35-15-17(3)4)13-27(28,24(30)33-8)12-19(7)36-23(29)18(5)6/h9-11,16-19H,12-15,28H2,1-8H3/t19?,27-/m1/s1. The van der Waals surface area contributed by atoms with Crippen molar-refractivity contribution in [2.24, 2.45) is 23.5 Å². The zero-order chi connectivity index (χ0) is 29.0. The number of carbonyl (C=O) groups excluding carboxylic acids is 4. The third-order valence-corrected chi connectivity index (χ3v) is 5.02. The second kappa shape index (κ2) is 15.2. The van der Waals surface area contributed by atoms with Crippen molar-refractivity contribution in [2.75, 3.05) is 20.3 Å². The van der Waals surface area contributed by atoms with Crippen LogP contribution in [0.4, 0.5) is 9.59 Å². The van der Waals surface area contributed by atoms with E-state index in [2.05, 4.69) is 0 Å². The van der Waals surface area contributed by atoms with Crippen LogP contribution < -0.4 is 15.2 Å². The van der Waals surface area contributed by atoms with Gasteiger partial charge in [-0.1, -0.05) is 47.6 Å². The van der Waals surface area contributed by atoms with E-state index in [1.165, 1.54) is 19.2 Å². The molecule has 1 rings (SSSR count). The molecule has 0 radical (unpaired) electrons. The van der Waals surface area contributed by atoms with Crippen molar-refractivity contribution in [3.05, 3.63) is 23.8 Å². The molecule has 0 spiro atoms. The normalized spacial score (nSPS) is 13.5. The maximum absolute atomic E-state index is 12.7. The summed E-state index contributed by atoms with van der Waals surface area (Å²) >= 11 is 0. The largest absolute Gasteiger partial charge is 0.513 e. The molecule has 0 aliphatic rings. The van der Waals surface area contributed by atoms with Gasteiger partial charge >= 0.3 is 24.2 Å². The first kappa shape index (κ1) is 32.7. The van der Waals surface area contributed by atoms with Gasteiger partial charge in [0.15, 0.2) is 11.5 Å². The molecule has 0 amide bonds. The van der Waals surface area contributed by atoms with E-state index in [0.29, 0.717) is 5.56 Å². The zero-order valence-electron chi connectivity index (χ0n) is 23.5. The van der Waals surface area contributed by atoms with Crippen LogP contribution in [0.15, 0.2) is 18.2 Å². The summed E-state index contributed by atoms with van der Waals surface area (Å²) in [5, 5.41) is 0. The monoisotopic (exact) mass is 539 g/mol. The van der Waals surface area contributed by atoms with Gasteiger partial charge in [0, 0.05) is 12.8 Å². The fourth-order valence-corrected chi connectivity index (χ4v) is 3.22. The summed E-state index contributed by atoms with van der Waals surface area (Å²) in [5.41, 5.74) is 5.32. The van der Waals surface area contributed by atoms with Crippen LogP contribution in [0.1, 0.15) is 60.5 Å². The van der Waals surface area contributed by atoms with Crippen molar-refractivity contribution in [3.8, 4) is 11.5 Å². The highest BCUT2D eigenvalue weighted by Gasteiger charge is 2.38. The van der Waals surface area contributed by atoms with Crippen molar-refractivity contribution in [1.29, 1.82) is 0 Å². The molecule has 1 aromatic carbocycles. The molecule has 0 heterocycles. The Labute approximate surface area is 224 Å². The van der Waals surface area contributed by atoms with Crippen LogP contribution in [0.5, 0.6) is 11.5 Å². The smallest absolute Gasteiger partial charge is 0.468 e. The quantitative estimate of drug-likeness (QED) is 0.215. The minimum Gasteiger partial charge on any atom is -0.468 e. The highest BCUT2D eigenvalue weighted by Crippen LogP contribution is 2.32. The second-order valence-electron chi connectivity index (χ2n) is 10.3. The lowest BCUT2D eigenvalue weighted by Crippen LogP contribution is -2.53. The Balaban J connectivity index is 3.24. The first-order valence-electron chi connectivity index (χ1n) is 12.6. The van der Waals surface area contributed by atoms with Gasteiger partial charge in [-0.15, -0.1) is 0 Å². The summed E-state index contributed by atoms with van der Waals surface area (Å²) in [6, 6.07) is 4.33. The van der Waals surface area contributed by atoms with Crippen molar-refractivity contribution in [1.82, 2.24) is 0 Å². The lowest BCUT2D eigenvalue weighted by atomic mass is 9.86. The second-order valence-corrected chi connectivity index (χ2v) is 10.3. The molecule has 0 bridgehead atoms. The first-order chi connectivity index (χ1) is 17.7. The number of benzene rings is 1. The molecule has 2 N–H and O–H groups in total. The van der Waals surface area contributed by atoms with Crippen molar-refractivity contribution >= 4 is 24.2 Å². The lowest BCUT2D eigenvalue weighted by molar-refractivity contribution is -0.157. The van der Waals surface area contributed by atoms with Gasteiger partial charge in [-0.05, 0) is 36.5 Å². The lowest BCUT2D eigenvalue weighted by Gasteiger charge is -2.29. The molecule has 11 nitrogen and oxygen atoms in total. The van der Waals surface area contributed by atoms with Crippen LogP contribution in [0.2, 0.25) is 0 Å². The van der Waals surface area contributed by atoms with Crippen LogP contribution in [0, 0.1) is 17.8 Å². The Kier molecular flexibility index (Phi) is 13.0. The number of methoxy groups -OCH3 is 1. The van der Waals surface area contributed by atoms with E-state index < -0.39 is 35.9 Å². The Hall–Kier alpha value is -3.34. The maximum atomic E-state index is 12.7. The van der Waals surface area contributed by atoms with Crippen LogP contribution in [-0.4, -0.2) is 56.2 Å². The number of esters is 2. The van der Waals surface area contributed by atoms with E-state index in [9.17, 15) is 19.2 Å². The van der Waals surface area contributed by atoms with Crippen molar-refractivity contribution < 1.29 is 47.6 Å². The van der Waals surface area contributed by atoms with Gasteiger partial charge in [0.05, 0.1) is 26.2 Å². The molecule has 1 aromatic rings. The van der Waals surface area contributed by atoms with Crippen LogP contribution in [0.25, 0.3) is 0 Å². The predicted octanol–water partition coefficient (Wildman–Crippen LogP) is 4.42. The summed E-state index contributed by atoms with van der Waals surface area (Å²) < 4.78 is 30.9. The molecule has 0 aromatic heterocycles. The number of hydrogen-bond acceptors (Lipinski definition) is 11. The van der Waals surface area contributed by atoms with E-state index in [1.807, 2.05) is 27.7 Å². The SMILES string of the molecule is COC(=O)[C@](N)(Cc1ccc(OC(=O)OCC(C)C)c(OC(=O)OCC(C)C)c1)CC(C)OC(=O)C(C)C. The highest BCUT2D eigenvalue weighted by atomic mass is 16.7. The molecule has 11 heteroatoms. The van der Waals surface area contributed by atoms with Crippen molar-refractivity contribution in [3.63, 3.8) is 0 Å². The Morgan fingerprint density at radius 2 is 1.37 bits per heavy atom. The fraction of sp³-hybridized carbons (Fsp3) is 0.630. The molecule has 2 atom stereocenters. The molecule has 38 heavy (non-hydrogen) atoms. The van der Waals surface area contributed by atoms with E-state index in [4.69, 9.17) is 34.2 Å². The average molecular weight is 540 g/mol. The molecule has 0 aliphatic carbocycles. The van der Waals surface area contributed by atoms with Crippen LogP contribution >= 0.6 is 0 Å². The summed E-state index contributed by atoms with van der Waals surface area (Å²) in [4.78, 5) is 49.1. The van der Waals surface area contributed by atoms with E-state index in [0.717, 1.165) is 0 Å². The minimum absolute atomic E-state index is 0.0372. The number of nitrogens with two attached hydrogens (primary N) is 1. The summed E-state index contributed by atoms with van der Waals surface area (Å²) in [5.74, 6) is -1.57. The van der Waals surface area contributed by atoms with Crippen LogP contribution in [0.3, 0.4) is 0 Å². The average Bonchev–Trinajstić information content (AvgIpc) is 2.82. The third-order valence-electron chi connectivity index (χ3n) is 5.02. The fourth-order valence-electron chi connectivity index (χ4n) is 3.22. The highest BCUT2D eigenvalue weighted by molar-refractivity contribution is 5.81. The summed E-state index contributed by atoms with van der Waals surface area (Å²) in [6.45, 7) is 12.7. The Morgan fingerprint density at radius 1 is 0.842 bits per heavy atom. The van der Waals surface area contributed by atoms with Gasteiger partial charge in [-0.25, -0.2) is 9.59 Å². The van der Waals surface area contributed by atoms with Gasteiger partial charge in [-0.2, -0.15) is 0 Å². The zero-order valence-corrected chi connectivity index (χ0v) is 23.5. The summed E-state index contributed by atoms with van der Waals surface area (Å²) in [7, 11) is 1.20. The number of hydrogen-bond donors (Lipinski definition) is 1. The van der Waals surface area contributed by atoms with Crippen molar-refractivity contribution in [2.45, 2.75) is 73.0 Å². The molecule has 0 saturated heterocycles. The molecule has 214 valence electrons. The van der Waals surface area contributed by atoms with Gasteiger partial charge in [0.25, 0.3) is 0 Å². The van der Waals surface area contributed by atoms with Gasteiger partial charge in [-0.3, -0.25) is 9.59 Å². The van der Waals surface area contributed by atoms with Crippen LogP contribution in [-0.2, 0) is 35.0 Å². The topological polar surface area (TPSA) is 150 Å². The third kappa shape index (κ3) is 11.4. The molecule has 0 fully saturated rings. The first-order valence-corrected chi connectivity index (χ1v) is 12.6. The van der Waals surface area contributed by atoms with Gasteiger partial charge < -0.3 is 34.2 Å². The van der Waals surface area contributed by atoms with E-state index in [-0.39, 0.29) is 55.3 Å². The molecule has 0 saturated carbocycles. The van der Waals surface area contributed by atoms with Gasteiger partial charge in [0.1, 0.15) is 11.6 Å². The number of carbonyl (C=O) groups is 4.